The zero-order valence-corrected chi connectivity index (χ0v) is 9.25. The van der Waals surface area contributed by atoms with Crippen LogP contribution in [-0.2, 0) is 12.0 Å². The van der Waals surface area contributed by atoms with Crippen molar-refractivity contribution in [3.63, 3.8) is 0 Å². The first kappa shape index (κ1) is 9.71. The molecule has 1 fully saturated rings. The predicted octanol–water partition coefficient (Wildman–Crippen LogP) is 1.67. The van der Waals surface area contributed by atoms with Crippen molar-refractivity contribution in [3.8, 4) is 0 Å². The first-order valence-corrected chi connectivity index (χ1v) is 5.22. The summed E-state index contributed by atoms with van der Waals surface area (Å²) in [5.41, 5.74) is 7.55. The van der Waals surface area contributed by atoms with Crippen LogP contribution in [0.2, 0.25) is 0 Å². The van der Waals surface area contributed by atoms with Gasteiger partial charge >= 0.3 is 0 Å². The number of nitrogens with zero attached hydrogens (tertiary/aromatic N) is 2. The van der Waals surface area contributed by atoms with Gasteiger partial charge in [-0.25, -0.2) is 0 Å². The SMILES string of the molecule is CC(C)(C)c1ccnn1CC1(N)CC1. The molecule has 1 aliphatic rings. The van der Waals surface area contributed by atoms with Crippen molar-refractivity contribution in [1.29, 1.82) is 0 Å². The Morgan fingerprint density at radius 1 is 1.50 bits per heavy atom. The number of rotatable bonds is 2. The molecule has 0 aromatic carbocycles. The molecule has 1 aliphatic carbocycles. The monoisotopic (exact) mass is 193 g/mol. The van der Waals surface area contributed by atoms with Crippen LogP contribution in [-0.4, -0.2) is 15.3 Å². The highest BCUT2D eigenvalue weighted by Gasteiger charge is 2.39. The van der Waals surface area contributed by atoms with E-state index in [0.717, 1.165) is 19.4 Å². The summed E-state index contributed by atoms with van der Waals surface area (Å²) in [5.74, 6) is 0. The summed E-state index contributed by atoms with van der Waals surface area (Å²) in [6.07, 6.45) is 4.14. The van der Waals surface area contributed by atoms with Crippen LogP contribution in [0.4, 0.5) is 0 Å². The molecule has 3 nitrogen and oxygen atoms in total. The van der Waals surface area contributed by atoms with E-state index in [0.29, 0.717) is 0 Å². The van der Waals surface area contributed by atoms with E-state index < -0.39 is 0 Å². The van der Waals surface area contributed by atoms with E-state index in [1.54, 1.807) is 0 Å². The molecule has 0 bridgehead atoms. The highest BCUT2D eigenvalue weighted by atomic mass is 15.3. The van der Waals surface area contributed by atoms with E-state index >= 15 is 0 Å². The van der Waals surface area contributed by atoms with Gasteiger partial charge in [-0.05, 0) is 18.9 Å². The molecule has 1 aromatic heterocycles. The molecule has 0 unspecified atom stereocenters. The molecule has 0 radical (unpaired) electrons. The molecule has 3 heteroatoms. The highest BCUT2D eigenvalue weighted by Crippen LogP contribution is 2.35. The average molecular weight is 193 g/mol. The summed E-state index contributed by atoms with van der Waals surface area (Å²) in [4.78, 5) is 0. The maximum atomic E-state index is 6.09. The van der Waals surface area contributed by atoms with Crippen molar-refractivity contribution in [2.45, 2.75) is 51.1 Å². The Morgan fingerprint density at radius 3 is 2.64 bits per heavy atom. The van der Waals surface area contributed by atoms with Gasteiger partial charge in [-0.15, -0.1) is 0 Å². The van der Waals surface area contributed by atoms with Crippen molar-refractivity contribution >= 4 is 0 Å². The van der Waals surface area contributed by atoms with Gasteiger partial charge in [0, 0.05) is 22.8 Å². The molecule has 1 heterocycles. The molecule has 78 valence electrons. The summed E-state index contributed by atoms with van der Waals surface area (Å²) < 4.78 is 2.06. The predicted molar refractivity (Wildman–Crippen MR) is 57.1 cm³/mol. The van der Waals surface area contributed by atoms with Crippen molar-refractivity contribution in [1.82, 2.24) is 9.78 Å². The van der Waals surface area contributed by atoms with Crippen LogP contribution < -0.4 is 5.73 Å². The minimum atomic E-state index is 0.0337. The Hall–Kier alpha value is -0.830. The minimum absolute atomic E-state index is 0.0337. The molecular weight excluding hydrogens is 174 g/mol. The van der Waals surface area contributed by atoms with Crippen LogP contribution in [0, 0.1) is 0 Å². The van der Waals surface area contributed by atoms with Gasteiger partial charge in [0.1, 0.15) is 0 Å². The maximum Gasteiger partial charge on any atom is 0.0592 e. The summed E-state index contributed by atoms with van der Waals surface area (Å²) in [5, 5.41) is 4.34. The lowest BCUT2D eigenvalue weighted by molar-refractivity contribution is 0.439. The zero-order valence-electron chi connectivity index (χ0n) is 9.25. The Labute approximate surface area is 85.3 Å². The van der Waals surface area contributed by atoms with Gasteiger partial charge in [0.2, 0.25) is 0 Å². The molecule has 1 aromatic rings. The Bertz CT molecular complexity index is 329. The van der Waals surface area contributed by atoms with Gasteiger partial charge in [-0.1, -0.05) is 20.8 Å². The van der Waals surface area contributed by atoms with E-state index in [1.807, 2.05) is 6.20 Å². The summed E-state index contributed by atoms with van der Waals surface area (Å²) in [6, 6.07) is 2.09. The average Bonchev–Trinajstić information content (AvgIpc) is 2.61. The number of hydrogen-bond donors (Lipinski definition) is 1. The second kappa shape index (κ2) is 2.83. The molecule has 0 atom stereocenters. The number of hydrogen-bond acceptors (Lipinski definition) is 2. The molecule has 2 N–H and O–H groups in total. The first-order valence-electron chi connectivity index (χ1n) is 5.22. The van der Waals surface area contributed by atoms with Gasteiger partial charge in [0.15, 0.2) is 0 Å². The summed E-state index contributed by atoms with van der Waals surface area (Å²) in [6.45, 7) is 7.48. The molecule has 0 aliphatic heterocycles. The van der Waals surface area contributed by atoms with Crippen LogP contribution in [0.3, 0.4) is 0 Å². The molecule has 1 saturated carbocycles. The van der Waals surface area contributed by atoms with Crippen LogP contribution in [0.15, 0.2) is 12.3 Å². The number of nitrogens with two attached hydrogens (primary N) is 1. The maximum absolute atomic E-state index is 6.09. The standard InChI is InChI=1S/C11H19N3/c1-10(2,3)9-4-7-13-14(9)8-11(12)5-6-11/h4,7H,5-6,8,12H2,1-3H3. The lowest BCUT2D eigenvalue weighted by Crippen LogP contribution is -2.31. The largest absolute Gasteiger partial charge is 0.324 e. The van der Waals surface area contributed by atoms with E-state index in [4.69, 9.17) is 5.73 Å². The second-order valence-electron chi connectivity index (χ2n) is 5.49. The lowest BCUT2D eigenvalue weighted by atomic mass is 9.92. The van der Waals surface area contributed by atoms with Gasteiger partial charge < -0.3 is 5.73 Å². The molecule has 0 saturated heterocycles. The fourth-order valence-corrected chi connectivity index (χ4v) is 1.71. The Balaban J connectivity index is 2.21. The van der Waals surface area contributed by atoms with E-state index in [2.05, 4.69) is 36.6 Å². The Morgan fingerprint density at radius 2 is 2.14 bits per heavy atom. The lowest BCUT2D eigenvalue weighted by Gasteiger charge is -2.21. The topological polar surface area (TPSA) is 43.8 Å². The summed E-state index contributed by atoms with van der Waals surface area (Å²) in [7, 11) is 0. The minimum Gasteiger partial charge on any atom is -0.324 e. The molecule has 2 rings (SSSR count). The van der Waals surface area contributed by atoms with E-state index in [1.165, 1.54) is 5.69 Å². The van der Waals surface area contributed by atoms with Crippen LogP contribution in [0.25, 0.3) is 0 Å². The summed E-state index contributed by atoms with van der Waals surface area (Å²) >= 11 is 0. The van der Waals surface area contributed by atoms with Crippen molar-refractivity contribution in [2.24, 2.45) is 5.73 Å². The molecule has 14 heavy (non-hydrogen) atoms. The zero-order chi connectivity index (χ0) is 10.4. The van der Waals surface area contributed by atoms with E-state index in [-0.39, 0.29) is 11.0 Å². The normalized spacial score (nSPS) is 19.7. The van der Waals surface area contributed by atoms with Crippen LogP contribution in [0.5, 0.6) is 0 Å². The third-order valence-electron chi connectivity index (χ3n) is 2.84. The molecule has 0 spiro atoms. The van der Waals surface area contributed by atoms with Crippen LogP contribution >= 0.6 is 0 Å². The highest BCUT2D eigenvalue weighted by molar-refractivity contribution is 5.13. The van der Waals surface area contributed by atoms with Crippen LogP contribution in [0.1, 0.15) is 39.3 Å². The van der Waals surface area contributed by atoms with Gasteiger partial charge in [-0.2, -0.15) is 5.10 Å². The Kier molecular flexibility index (Phi) is 1.96. The van der Waals surface area contributed by atoms with Gasteiger partial charge in [0.25, 0.3) is 0 Å². The third-order valence-corrected chi connectivity index (χ3v) is 2.84. The fraction of sp³-hybridized carbons (Fsp3) is 0.727. The van der Waals surface area contributed by atoms with Crippen molar-refractivity contribution in [2.75, 3.05) is 0 Å². The van der Waals surface area contributed by atoms with Crippen molar-refractivity contribution < 1.29 is 0 Å². The quantitative estimate of drug-likeness (QED) is 0.776. The van der Waals surface area contributed by atoms with E-state index in [9.17, 15) is 0 Å². The molecule has 0 amide bonds. The van der Waals surface area contributed by atoms with Gasteiger partial charge in [-0.3, -0.25) is 4.68 Å². The third kappa shape index (κ3) is 1.82. The fourth-order valence-electron chi connectivity index (χ4n) is 1.71. The van der Waals surface area contributed by atoms with Crippen molar-refractivity contribution in [3.05, 3.63) is 18.0 Å². The van der Waals surface area contributed by atoms with Gasteiger partial charge in [0.05, 0.1) is 6.54 Å². The second-order valence-corrected chi connectivity index (χ2v) is 5.49. The smallest absolute Gasteiger partial charge is 0.0592 e. The number of aromatic nitrogens is 2. The first-order chi connectivity index (χ1) is 6.41. The molecular formula is C11H19N3.